The Balaban J connectivity index is 1.88. The molecule has 0 saturated carbocycles. The van der Waals surface area contributed by atoms with Crippen LogP contribution in [0, 0.1) is 17.8 Å². The van der Waals surface area contributed by atoms with Gasteiger partial charge in [0.05, 0.1) is 24.6 Å². The van der Waals surface area contributed by atoms with Gasteiger partial charge in [-0.2, -0.15) is 0 Å². The average Bonchev–Trinajstić information content (AvgIpc) is 3.33. The highest BCUT2D eigenvalue weighted by Gasteiger charge is 2.70. The number of anilines is 1. The number of amides is 2. The summed E-state index contributed by atoms with van der Waals surface area (Å²) in [6.45, 7) is 5.08. The molecule has 2 heterocycles. The van der Waals surface area contributed by atoms with E-state index in [9.17, 15) is 24.3 Å². The Labute approximate surface area is 197 Å². The molecule has 34 heavy (non-hydrogen) atoms. The molecule has 5 atom stereocenters. The quantitative estimate of drug-likeness (QED) is 0.478. The summed E-state index contributed by atoms with van der Waals surface area (Å²) in [5, 5.41) is 13.7. The smallest absolute Gasteiger partial charge is 0.325 e. The number of methoxy groups -OCH3 is 1. The summed E-state index contributed by atoms with van der Waals surface area (Å²) in [6.07, 6.45) is 0.496. The third kappa shape index (κ3) is 3.32. The summed E-state index contributed by atoms with van der Waals surface area (Å²) >= 11 is 0. The lowest BCUT2D eigenvalue weighted by Crippen LogP contribution is -2.59. The number of hydrogen-bond acceptors (Lipinski definition) is 6. The number of nitrogens with one attached hydrogen (secondary N) is 1. The number of nitrogens with zero attached hydrogens (tertiary/aromatic N) is 1. The first-order valence-electron chi connectivity index (χ1n) is 11.3. The van der Waals surface area contributed by atoms with Gasteiger partial charge in [-0.25, -0.2) is 4.90 Å². The van der Waals surface area contributed by atoms with E-state index in [0.717, 1.165) is 4.90 Å². The maximum Gasteiger partial charge on any atom is 0.325 e. The molecular weight excluding hydrogens is 436 g/mol. The van der Waals surface area contributed by atoms with Crippen LogP contribution in [0.1, 0.15) is 49.2 Å². The predicted octanol–water partition coefficient (Wildman–Crippen LogP) is 3.22. The molecule has 0 aromatic heterocycles. The first kappa shape index (κ1) is 23.6. The van der Waals surface area contributed by atoms with Gasteiger partial charge in [-0.3, -0.25) is 24.5 Å². The molecule has 2 aliphatic rings. The molecule has 0 bridgehead atoms. The second-order valence-electron chi connectivity index (χ2n) is 8.97. The molecule has 2 N–H and O–H groups in total. The highest BCUT2D eigenvalue weighted by atomic mass is 16.5. The van der Waals surface area contributed by atoms with Crippen molar-refractivity contribution >= 4 is 29.3 Å². The lowest BCUT2D eigenvalue weighted by Gasteiger charge is -2.36. The number of carboxylic acid groups (broad SMARTS) is 1. The highest BCUT2D eigenvalue weighted by Crippen LogP contribution is 2.53. The summed E-state index contributed by atoms with van der Waals surface area (Å²) < 4.78 is 5.50. The minimum atomic E-state index is -1.63. The number of ketones is 1. The highest BCUT2D eigenvalue weighted by molar-refractivity contribution is 6.24. The number of benzene rings is 2. The minimum Gasteiger partial charge on any atom is -0.496 e. The topological polar surface area (TPSA) is 113 Å². The number of imide groups is 1. The summed E-state index contributed by atoms with van der Waals surface area (Å²) in [7, 11) is 1.51. The number of carbonyl (C=O) groups excluding carboxylic acids is 3. The SMILES string of the molecule is CCC(C)C1(C(=O)O)NC(c2ccccc2OC)C2C(=O)N(c3ccc(C(C)=O)cc3)C(=O)C21. The van der Waals surface area contributed by atoms with Crippen molar-refractivity contribution < 1.29 is 29.0 Å². The fourth-order valence-corrected chi connectivity index (χ4v) is 5.41. The van der Waals surface area contributed by atoms with Crippen LogP contribution in [-0.4, -0.2) is 41.3 Å². The van der Waals surface area contributed by atoms with Gasteiger partial charge in [-0.05, 0) is 43.2 Å². The van der Waals surface area contributed by atoms with Crippen LogP contribution in [0.5, 0.6) is 5.75 Å². The van der Waals surface area contributed by atoms with Crippen LogP contribution < -0.4 is 15.0 Å². The van der Waals surface area contributed by atoms with Crippen LogP contribution in [-0.2, 0) is 14.4 Å². The maximum absolute atomic E-state index is 13.8. The molecule has 0 radical (unpaired) electrons. The number of carboxylic acids is 1. The Kier molecular flexibility index (Phi) is 6.03. The van der Waals surface area contributed by atoms with Gasteiger partial charge in [0.15, 0.2) is 5.78 Å². The van der Waals surface area contributed by atoms with Crippen LogP contribution in [0.25, 0.3) is 0 Å². The van der Waals surface area contributed by atoms with E-state index in [2.05, 4.69) is 5.32 Å². The largest absolute Gasteiger partial charge is 0.496 e. The Morgan fingerprint density at radius 3 is 2.32 bits per heavy atom. The molecule has 2 aromatic rings. The van der Waals surface area contributed by atoms with Crippen molar-refractivity contribution in [2.24, 2.45) is 17.8 Å². The number of hydrogen-bond donors (Lipinski definition) is 2. The molecule has 2 fully saturated rings. The number of para-hydroxylation sites is 1. The molecule has 2 aliphatic heterocycles. The van der Waals surface area contributed by atoms with Gasteiger partial charge in [-0.15, -0.1) is 0 Å². The lowest BCUT2D eigenvalue weighted by atomic mass is 9.72. The fraction of sp³-hybridized carbons (Fsp3) is 0.385. The van der Waals surface area contributed by atoms with Gasteiger partial charge in [-0.1, -0.05) is 38.5 Å². The molecule has 178 valence electrons. The van der Waals surface area contributed by atoms with Gasteiger partial charge in [0.2, 0.25) is 11.8 Å². The van der Waals surface area contributed by atoms with Gasteiger partial charge in [0.1, 0.15) is 11.3 Å². The Morgan fingerprint density at radius 1 is 1.12 bits per heavy atom. The monoisotopic (exact) mass is 464 g/mol. The van der Waals surface area contributed by atoms with E-state index in [0.29, 0.717) is 29.0 Å². The Hall–Kier alpha value is -3.52. The minimum absolute atomic E-state index is 0.135. The number of carbonyl (C=O) groups is 4. The van der Waals surface area contributed by atoms with E-state index in [1.165, 1.54) is 14.0 Å². The van der Waals surface area contributed by atoms with Crippen molar-refractivity contribution in [3.05, 3.63) is 59.7 Å². The van der Waals surface area contributed by atoms with Gasteiger partial charge in [0.25, 0.3) is 0 Å². The number of fused-ring (bicyclic) bond motifs is 1. The van der Waals surface area contributed by atoms with Crippen LogP contribution in [0.4, 0.5) is 5.69 Å². The molecular formula is C26H28N2O6. The van der Waals surface area contributed by atoms with Crippen LogP contribution in [0.2, 0.25) is 0 Å². The van der Waals surface area contributed by atoms with Crippen molar-refractivity contribution in [1.82, 2.24) is 5.32 Å². The van der Waals surface area contributed by atoms with Crippen molar-refractivity contribution in [2.45, 2.75) is 38.8 Å². The molecule has 8 heteroatoms. The lowest BCUT2D eigenvalue weighted by molar-refractivity contribution is -0.151. The normalized spacial score (nSPS) is 26.9. The molecule has 4 rings (SSSR count). The Bertz CT molecular complexity index is 1160. The molecule has 2 aromatic carbocycles. The summed E-state index contributed by atoms with van der Waals surface area (Å²) in [4.78, 5) is 53.1. The first-order valence-corrected chi connectivity index (χ1v) is 11.3. The first-order chi connectivity index (χ1) is 16.2. The third-order valence-electron chi connectivity index (χ3n) is 7.34. The van der Waals surface area contributed by atoms with Crippen LogP contribution >= 0.6 is 0 Å². The second kappa shape index (κ2) is 8.68. The zero-order valence-electron chi connectivity index (χ0n) is 19.6. The molecule has 5 unspecified atom stereocenters. The molecule has 8 nitrogen and oxygen atoms in total. The standard InChI is InChI=1S/C26H28N2O6/c1-5-14(2)26(25(32)33)21-20(22(27-26)18-8-6-7-9-19(18)34-4)23(30)28(24(21)31)17-12-10-16(11-13-17)15(3)29/h6-14,20-22,27H,5H2,1-4H3,(H,32,33). The van der Waals surface area contributed by atoms with Crippen LogP contribution in [0.15, 0.2) is 48.5 Å². The number of rotatable bonds is 7. The van der Waals surface area contributed by atoms with E-state index < -0.39 is 47.1 Å². The molecule has 2 amide bonds. The van der Waals surface area contributed by atoms with Crippen molar-refractivity contribution in [1.29, 1.82) is 0 Å². The maximum atomic E-state index is 13.8. The second-order valence-corrected chi connectivity index (χ2v) is 8.97. The van der Waals surface area contributed by atoms with E-state index in [1.54, 1.807) is 55.5 Å². The van der Waals surface area contributed by atoms with Crippen LogP contribution in [0.3, 0.4) is 0 Å². The van der Waals surface area contributed by atoms with Crippen molar-refractivity contribution in [3.63, 3.8) is 0 Å². The van der Waals surface area contributed by atoms with E-state index in [-0.39, 0.29) is 5.78 Å². The summed E-state index contributed by atoms with van der Waals surface area (Å²) in [5.74, 6) is -4.29. The number of Topliss-reactive ketones (excluding diaryl/α,β-unsaturated/α-hetero) is 1. The van der Waals surface area contributed by atoms with E-state index in [4.69, 9.17) is 4.74 Å². The summed E-state index contributed by atoms with van der Waals surface area (Å²) in [5.41, 5.74) is -0.236. The van der Waals surface area contributed by atoms with E-state index in [1.807, 2.05) is 6.92 Å². The fourth-order valence-electron chi connectivity index (χ4n) is 5.41. The van der Waals surface area contributed by atoms with Gasteiger partial charge >= 0.3 is 5.97 Å². The molecule has 0 aliphatic carbocycles. The third-order valence-corrected chi connectivity index (χ3v) is 7.34. The zero-order valence-corrected chi connectivity index (χ0v) is 19.6. The average molecular weight is 465 g/mol. The van der Waals surface area contributed by atoms with Crippen molar-refractivity contribution in [3.8, 4) is 5.75 Å². The van der Waals surface area contributed by atoms with E-state index >= 15 is 0 Å². The molecule has 0 spiro atoms. The predicted molar refractivity (Wildman–Crippen MR) is 125 cm³/mol. The Morgan fingerprint density at radius 2 is 1.76 bits per heavy atom. The molecule has 2 saturated heterocycles. The van der Waals surface area contributed by atoms with Gasteiger partial charge in [0, 0.05) is 17.2 Å². The number of aliphatic carboxylic acids is 1. The van der Waals surface area contributed by atoms with Gasteiger partial charge < -0.3 is 9.84 Å². The van der Waals surface area contributed by atoms with Crippen molar-refractivity contribution in [2.75, 3.05) is 12.0 Å². The number of ether oxygens (including phenoxy) is 1. The zero-order chi connectivity index (χ0) is 24.8. The summed E-state index contributed by atoms with van der Waals surface area (Å²) in [6, 6.07) is 12.6.